The number of carbonyl (C=O) groups is 1. The molecule has 0 aromatic heterocycles. The molecule has 0 radical (unpaired) electrons. The Bertz CT molecular complexity index is 521. The number of Topliss-reactive ketones (excluding diaryl/α,β-unsaturated/α-hetero) is 1. The summed E-state index contributed by atoms with van der Waals surface area (Å²) in [5.41, 5.74) is 0.512. The summed E-state index contributed by atoms with van der Waals surface area (Å²) in [6.07, 6.45) is 2.46. The Morgan fingerprint density at radius 2 is 1.72 bits per heavy atom. The number of benzene rings is 1. The Hall–Kier alpha value is -1.20. The molecule has 98 valence electrons. The van der Waals surface area contributed by atoms with Gasteiger partial charge < -0.3 is 0 Å². The molecule has 1 fully saturated rings. The summed E-state index contributed by atoms with van der Waals surface area (Å²) in [5, 5.41) is -0.945. The smallest absolute Gasteiger partial charge is 0.268 e. The van der Waals surface area contributed by atoms with Crippen molar-refractivity contribution < 1.29 is 17.8 Å². The highest BCUT2D eigenvalue weighted by Crippen LogP contribution is 2.31. The molecular weight excluding hydrogens is 252 g/mol. The van der Waals surface area contributed by atoms with Gasteiger partial charge in [-0.1, -0.05) is 43.2 Å². The first-order chi connectivity index (χ1) is 8.50. The van der Waals surface area contributed by atoms with Crippen molar-refractivity contribution in [2.75, 3.05) is 0 Å². The third-order valence-electron chi connectivity index (χ3n) is 3.48. The van der Waals surface area contributed by atoms with Crippen molar-refractivity contribution in [3.63, 3.8) is 0 Å². The van der Waals surface area contributed by atoms with E-state index in [1.54, 1.807) is 30.3 Å². The van der Waals surface area contributed by atoms with Crippen LogP contribution in [-0.4, -0.2) is 24.0 Å². The molecule has 2 atom stereocenters. The molecule has 0 heterocycles. The van der Waals surface area contributed by atoms with Crippen LogP contribution in [0.15, 0.2) is 30.3 Å². The first-order valence-corrected chi connectivity index (χ1v) is 7.56. The maximum absolute atomic E-state index is 12.3. The van der Waals surface area contributed by atoms with E-state index in [0.29, 0.717) is 18.4 Å². The second-order valence-corrected chi connectivity index (χ2v) is 6.31. The van der Waals surface area contributed by atoms with Gasteiger partial charge in [-0.2, -0.15) is 8.42 Å². The van der Waals surface area contributed by atoms with Crippen LogP contribution in [0.2, 0.25) is 0 Å². The number of hydrogen-bond acceptors (Lipinski definition) is 3. The van der Waals surface area contributed by atoms with Gasteiger partial charge in [0.15, 0.2) is 5.78 Å². The van der Waals surface area contributed by atoms with Crippen LogP contribution >= 0.6 is 0 Å². The van der Waals surface area contributed by atoms with Crippen molar-refractivity contribution in [2.45, 2.75) is 30.9 Å². The monoisotopic (exact) mass is 268 g/mol. The van der Waals surface area contributed by atoms with Gasteiger partial charge in [0.1, 0.15) is 0 Å². The summed E-state index contributed by atoms with van der Waals surface area (Å²) < 4.78 is 31.9. The van der Waals surface area contributed by atoms with Crippen LogP contribution < -0.4 is 0 Å². The van der Waals surface area contributed by atoms with Crippen LogP contribution in [0.4, 0.5) is 0 Å². The van der Waals surface area contributed by atoms with E-state index < -0.39 is 21.3 Å². The molecule has 1 N–H and O–H groups in total. The van der Waals surface area contributed by atoms with Crippen LogP contribution in [0.5, 0.6) is 0 Å². The molecule has 0 spiro atoms. The Kier molecular flexibility index (Phi) is 3.82. The van der Waals surface area contributed by atoms with Crippen LogP contribution in [0.25, 0.3) is 0 Å². The van der Waals surface area contributed by atoms with Gasteiger partial charge >= 0.3 is 0 Å². The van der Waals surface area contributed by atoms with Gasteiger partial charge in [-0.3, -0.25) is 9.35 Å². The van der Waals surface area contributed by atoms with Crippen molar-refractivity contribution in [3.05, 3.63) is 35.9 Å². The predicted molar refractivity (Wildman–Crippen MR) is 68.1 cm³/mol. The minimum absolute atomic E-state index is 0.182. The fourth-order valence-electron chi connectivity index (χ4n) is 2.57. The van der Waals surface area contributed by atoms with Crippen molar-refractivity contribution in [2.24, 2.45) is 5.92 Å². The summed E-state index contributed by atoms with van der Waals surface area (Å²) in [6, 6.07) is 8.66. The van der Waals surface area contributed by atoms with E-state index >= 15 is 0 Å². The molecule has 18 heavy (non-hydrogen) atoms. The Labute approximate surface area is 107 Å². The third-order valence-corrected chi connectivity index (χ3v) is 4.81. The van der Waals surface area contributed by atoms with E-state index in [1.165, 1.54) is 0 Å². The zero-order valence-corrected chi connectivity index (χ0v) is 10.8. The lowest BCUT2D eigenvalue weighted by atomic mass is 9.83. The average molecular weight is 268 g/mol. The first-order valence-electron chi connectivity index (χ1n) is 6.05. The molecule has 1 aliphatic carbocycles. The average Bonchev–Trinajstić information content (AvgIpc) is 2.38. The Balaban J connectivity index is 2.28. The van der Waals surface area contributed by atoms with Gasteiger partial charge in [0.05, 0.1) is 5.25 Å². The summed E-state index contributed by atoms with van der Waals surface area (Å²) in [5.74, 6) is -0.797. The lowest BCUT2D eigenvalue weighted by Crippen LogP contribution is -2.37. The zero-order valence-electron chi connectivity index (χ0n) is 9.95. The minimum Gasteiger partial charge on any atom is -0.294 e. The van der Waals surface area contributed by atoms with E-state index in [9.17, 15) is 17.8 Å². The molecule has 0 aliphatic heterocycles. The van der Waals surface area contributed by atoms with Gasteiger partial charge in [-0.25, -0.2) is 0 Å². The number of ketones is 1. The zero-order chi connectivity index (χ0) is 13.2. The quantitative estimate of drug-likeness (QED) is 0.674. The molecule has 1 saturated carbocycles. The molecule has 0 unspecified atom stereocenters. The normalized spacial score (nSPS) is 24.7. The van der Waals surface area contributed by atoms with Gasteiger partial charge in [0.25, 0.3) is 10.1 Å². The Morgan fingerprint density at radius 1 is 1.11 bits per heavy atom. The van der Waals surface area contributed by atoms with E-state index in [2.05, 4.69) is 0 Å². The molecule has 5 heteroatoms. The van der Waals surface area contributed by atoms with Crippen molar-refractivity contribution >= 4 is 15.9 Å². The molecule has 0 amide bonds. The molecule has 1 aromatic rings. The fraction of sp³-hybridized carbons (Fsp3) is 0.462. The van der Waals surface area contributed by atoms with Gasteiger partial charge in [0, 0.05) is 11.5 Å². The minimum atomic E-state index is -4.15. The topological polar surface area (TPSA) is 71.4 Å². The van der Waals surface area contributed by atoms with Gasteiger partial charge in [-0.05, 0) is 12.8 Å². The van der Waals surface area contributed by atoms with Gasteiger partial charge in [-0.15, -0.1) is 0 Å². The molecule has 0 bridgehead atoms. The highest BCUT2D eigenvalue weighted by molar-refractivity contribution is 7.86. The molecular formula is C13H16O4S. The van der Waals surface area contributed by atoms with Crippen LogP contribution in [0.3, 0.4) is 0 Å². The second-order valence-electron chi connectivity index (χ2n) is 4.67. The van der Waals surface area contributed by atoms with E-state index in [0.717, 1.165) is 12.8 Å². The van der Waals surface area contributed by atoms with E-state index in [4.69, 9.17) is 0 Å². The van der Waals surface area contributed by atoms with E-state index in [-0.39, 0.29) is 5.78 Å². The second kappa shape index (κ2) is 5.20. The summed E-state index contributed by atoms with van der Waals surface area (Å²) in [6.45, 7) is 0. The number of rotatable bonds is 3. The predicted octanol–water partition coefficient (Wildman–Crippen LogP) is 2.32. The van der Waals surface area contributed by atoms with Crippen LogP contribution in [0.1, 0.15) is 36.0 Å². The lowest BCUT2D eigenvalue weighted by molar-refractivity contribution is 0.0889. The lowest BCUT2D eigenvalue weighted by Gasteiger charge is -2.28. The van der Waals surface area contributed by atoms with Crippen LogP contribution in [-0.2, 0) is 10.1 Å². The highest BCUT2D eigenvalue weighted by Gasteiger charge is 2.38. The largest absolute Gasteiger partial charge is 0.294 e. The highest BCUT2D eigenvalue weighted by atomic mass is 32.2. The third kappa shape index (κ3) is 2.79. The van der Waals surface area contributed by atoms with Crippen molar-refractivity contribution in [1.82, 2.24) is 0 Å². The summed E-state index contributed by atoms with van der Waals surface area (Å²) >= 11 is 0. The first kappa shape index (κ1) is 13.2. The number of hydrogen-bond donors (Lipinski definition) is 1. The van der Waals surface area contributed by atoms with Crippen molar-refractivity contribution in [3.8, 4) is 0 Å². The molecule has 1 aliphatic rings. The maximum atomic E-state index is 12.3. The summed E-state index contributed by atoms with van der Waals surface area (Å²) in [4.78, 5) is 12.3. The number of carbonyl (C=O) groups excluding carboxylic acids is 1. The molecule has 4 nitrogen and oxygen atoms in total. The van der Waals surface area contributed by atoms with Crippen molar-refractivity contribution in [1.29, 1.82) is 0 Å². The maximum Gasteiger partial charge on any atom is 0.268 e. The SMILES string of the molecule is O=C(c1ccccc1)[C@@H]1CCCC[C@@H]1S(=O)(=O)O. The Morgan fingerprint density at radius 3 is 2.33 bits per heavy atom. The molecule has 2 rings (SSSR count). The molecule has 1 aromatic carbocycles. The standard InChI is InChI=1S/C13H16O4S/c14-13(10-6-2-1-3-7-10)11-8-4-5-9-12(11)18(15,16)17/h1-3,6-7,11-12H,4-5,8-9H2,(H,15,16,17)/t11-,12+/m1/s1. The van der Waals surface area contributed by atoms with Crippen LogP contribution in [0, 0.1) is 5.92 Å². The summed E-state index contributed by atoms with van der Waals surface area (Å²) in [7, 11) is -4.15. The molecule has 0 saturated heterocycles. The van der Waals surface area contributed by atoms with Gasteiger partial charge in [0.2, 0.25) is 0 Å². The fourth-order valence-corrected chi connectivity index (χ4v) is 3.71. The van der Waals surface area contributed by atoms with E-state index in [1.807, 2.05) is 0 Å².